The van der Waals surface area contributed by atoms with Crippen LogP contribution in [0.2, 0.25) is 0 Å². The van der Waals surface area contributed by atoms with Crippen molar-refractivity contribution in [1.82, 2.24) is 9.97 Å². The Morgan fingerprint density at radius 2 is 1.62 bits per heavy atom. The van der Waals surface area contributed by atoms with Gasteiger partial charge in [0.2, 0.25) is 5.95 Å². The molecule has 3 rings (SSSR count). The number of hydrogen-bond acceptors (Lipinski definition) is 5. The number of benzene rings is 2. The summed E-state index contributed by atoms with van der Waals surface area (Å²) in [5, 5.41) is 15.3. The second-order valence-corrected chi connectivity index (χ2v) is 5.40. The Labute approximate surface area is 181 Å². The number of anilines is 4. The van der Waals surface area contributed by atoms with Crippen LogP contribution in [0.3, 0.4) is 0 Å². The summed E-state index contributed by atoms with van der Waals surface area (Å²) in [7, 11) is 0. The third-order valence-corrected chi connectivity index (χ3v) is 3.57. The summed E-state index contributed by atoms with van der Waals surface area (Å²) in [5.41, 5.74) is 4.68. The van der Waals surface area contributed by atoms with Crippen molar-refractivity contribution in [2.24, 2.45) is 0 Å². The Hall–Kier alpha value is -2.01. The van der Waals surface area contributed by atoms with Crippen LogP contribution in [0.5, 0.6) is 0 Å². The van der Waals surface area contributed by atoms with E-state index in [2.05, 4.69) is 32.7 Å². The number of nitrogens with one attached hydrogen (secondary N) is 2. The molecule has 0 amide bonds. The topological polar surface area (TPSA) is 73.6 Å². The summed E-state index contributed by atoms with van der Waals surface area (Å²) in [5.74, 6) is 1.20. The molecular formula is C19H16N5W2-. The third kappa shape index (κ3) is 5.49. The van der Waals surface area contributed by atoms with E-state index in [1.54, 1.807) is 18.3 Å². The van der Waals surface area contributed by atoms with E-state index in [0.29, 0.717) is 17.3 Å². The van der Waals surface area contributed by atoms with Gasteiger partial charge in [0.1, 0.15) is 5.82 Å². The molecule has 0 atom stereocenters. The van der Waals surface area contributed by atoms with Crippen molar-refractivity contribution in [1.29, 1.82) is 5.26 Å². The predicted octanol–water partition coefficient (Wildman–Crippen LogP) is 4.25. The predicted molar refractivity (Wildman–Crippen MR) is 94.5 cm³/mol. The Bertz CT molecular complexity index is 884. The maximum Gasteiger partial charge on any atom is 0.229 e. The van der Waals surface area contributed by atoms with Crippen LogP contribution in [0.15, 0.2) is 48.7 Å². The van der Waals surface area contributed by atoms with Crippen molar-refractivity contribution in [2.45, 2.75) is 13.8 Å². The van der Waals surface area contributed by atoms with E-state index < -0.39 is 0 Å². The van der Waals surface area contributed by atoms with Crippen molar-refractivity contribution < 1.29 is 42.1 Å². The molecular weight excluding hydrogens is 666 g/mol. The van der Waals surface area contributed by atoms with E-state index in [0.717, 1.165) is 22.5 Å². The number of nitrogens with zero attached hydrogens (tertiary/aromatic N) is 3. The molecule has 2 N–H and O–H groups in total. The van der Waals surface area contributed by atoms with Gasteiger partial charge in [0, 0.05) is 54.0 Å². The molecule has 0 aliphatic rings. The first-order valence-electron chi connectivity index (χ1n) is 7.50. The van der Waals surface area contributed by atoms with Crippen LogP contribution in [-0.2, 0) is 42.1 Å². The van der Waals surface area contributed by atoms with Crippen molar-refractivity contribution >= 4 is 23.1 Å². The Morgan fingerprint density at radius 3 is 2.23 bits per heavy atom. The molecule has 0 aliphatic carbocycles. The first-order chi connectivity index (χ1) is 11.7. The van der Waals surface area contributed by atoms with Crippen LogP contribution in [0, 0.1) is 31.2 Å². The van der Waals surface area contributed by atoms with Gasteiger partial charge in [-0.25, -0.2) is 4.98 Å². The number of nitriles is 1. The maximum atomic E-state index is 8.83. The van der Waals surface area contributed by atoms with Crippen LogP contribution < -0.4 is 10.6 Å². The molecule has 130 valence electrons. The van der Waals surface area contributed by atoms with Gasteiger partial charge in [-0.3, -0.25) is 0 Å². The van der Waals surface area contributed by atoms with E-state index in [1.165, 1.54) is 0 Å². The zero-order valence-corrected chi connectivity index (χ0v) is 20.1. The Balaban J connectivity index is 0.00000169. The van der Waals surface area contributed by atoms with Gasteiger partial charge < -0.3 is 10.6 Å². The zero-order valence-electron chi connectivity index (χ0n) is 14.3. The van der Waals surface area contributed by atoms with E-state index in [9.17, 15) is 0 Å². The fraction of sp³-hybridized carbons (Fsp3) is 0.105. The number of hydrogen-bond donors (Lipinski definition) is 2. The largest absolute Gasteiger partial charge is 0.363 e. The first-order valence-corrected chi connectivity index (χ1v) is 7.50. The molecule has 3 aromatic rings. The minimum atomic E-state index is 0. The van der Waals surface area contributed by atoms with E-state index in [4.69, 9.17) is 5.26 Å². The Kier molecular flexibility index (Phi) is 8.65. The van der Waals surface area contributed by atoms with Crippen molar-refractivity contribution in [3.63, 3.8) is 0 Å². The molecule has 0 saturated heterocycles. The molecule has 26 heavy (non-hydrogen) atoms. The second-order valence-electron chi connectivity index (χ2n) is 5.40. The fourth-order valence-corrected chi connectivity index (χ4v) is 2.32. The Morgan fingerprint density at radius 1 is 0.962 bits per heavy atom. The van der Waals surface area contributed by atoms with Crippen molar-refractivity contribution in [3.05, 3.63) is 71.4 Å². The van der Waals surface area contributed by atoms with Gasteiger partial charge in [-0.2, -0.15) is 28.4 Å². The number of aryl methyl sites for hydroxylation is 2. The summed E-state index contributed by atoms with van der Waals surface area (Å²) in [6.45, 7) is 4.06. The van der Waals surface area contributed by atoms with Crippen LogP contribution in [0.25, 0.3) is 0 Å². The normalized spacial score (nSPS) is 9.27. The summed E-state index contributed by atoms with van der Waals surface area (Å²) >= 11 is 0. The maximum absolute atomic E-state index is 8.83. The van der Waals surface area contributed by atoms with E-state index in [1.807, 2.05) is 44.2 Å². The molecule has 0 radical (unpaired) electrons. The van der Waals surface area contributed by atoms with Crippen LogP contribution in [-0.4, -0.2) is 9.97 Å². The van der Waals surface area contributed by atoms with Crippen molar-refractivity contribution in [3.8, 4) is 6.07 Å². The molecule has 1 aromatic heterocycles. The SMILES string of the molecule is Cc1c[c-]cc(C)c1Nc1ccnc(Nc2ccc(C#N)cc2)n1.[W].[W]. The molecule has 5 nitrogen and oxygen atoms in total. The quantitative estimate of drug-likeness (QED) is 0.404. The molecule has 0 aliphatic heterocycles. The molecule has 2 aromatic carbocycles. The molecule has 0 fully saturated rings. The summed E-state index contributed by atoms with van der Waals surface area (Å²) in [6, 6.07) is 18.0. The number of rotatable bonds is 4. The minimum absolute atomic E-state index is 0. The molecule has 7 heteroatoms. The van der Waals surface area contributed by atoms with Gasteiger partial charge in [0.15, 0.2) is 0 Å². The second kappa shape index (κ2) is 10.2. The molecule has 0 unspecified atom stereocenters. The molecule has 0 spiro atoms. The van der Waals surface area contributed by atoms with Crippen molar-refractivity contribution in [2.75, 3.05) is 10.6 Å². The van der Waals surface area contributed by atoms with Crippen LogP contribution in [0.4, 0.5) is 23.1 Å². The summed E-state index contributed by atoms with van der Waals surface area (Å²) < 4.78 is 0. The monoisotopic (exact) mass is 682 g/mol. The van der Waals surface area contributed by atoms with E-state index >= 15 is 0 Å². The summed E-state index contributed by atoms with van der Waals surface area (Å²) in [4.78, 5) is 8.71. The van der Waals surface area contributed by atoms with Gasteiger partial charge in [-0.05, 0) is 30.3 Å². The minimum Gasteiger partial charge on any atom is -0.363 e. The van der Waals surface area contributed by atoms with Crippen LogP contribution >= 0.6 is 0 Å². The van der Waals surface area contributed by atoms with Gasteiger partial charge in [-0.1, -0.05) is 19.5 Å². The average Bonchev–Trinajstić information content (AvgIpc) is 2.59. The van der Waals surface area contributed by atoms with E-state index in [-0.39, 0.29) is 42.1 Å². The van der Waals surface area contributed by atoms with Gasteiger partial charge in [0.05, 0.1) is 11.6 Å². The summed E-state index contributed by atoms with van der Waals surface area (Å²) in [6.07, 6.45) is 1.70. The molecule has 1 heterocycles. The number of aromatic nitrogens is 2. The third-order valence-electron chi connectivity index (χ3n) is 3.57. The van der Waals surface area contributed by atoms with Crippen LogP contribution in [0.1, 0.15) is 16.7 Å². The van der Waals surface area contributed by atoms with Gasteiger partial charge >= 0.3 is 0 Å². The standard InChI is InChI=1S/C19H16N5.2W/c1-13-4-3-5-14(2)18(13)23-17-10-11-21-19(24-17)22-16-8-6-15(12-20)7-9-16;;/h4-11H,1-2H3,(H2,21,22,23,24);;/q-1;;. The van der Waals surface area contributed by atoms with Gasteiger partial charge in [-0.15, -0.1) is 11.1 Å². The zero-order chi connectivity index (χ0) is 16.9. The fourth-order valence-electron chi connectivity index (χ4n) is 2.32. The average molecular weight is 682 g/mol. The first kappa shape index (κ1) is 22.0. The smallest absolute Gasteiger partial charge is 0.229 e. The van der Waals surface area contributed by atoms with Gasteiger partial charge in [0.25, 0.3) is 0 Å². The molecule has 0 saturated carbocycles. The molecule has 0 bridgehead atoms.